The van der Waals surface area contributed by atoms with Crippen molar-refractivity contribution < 1.29 is 9.90 Å². The zero-order valence-corrected chi connectivity index (χ0v) is 11.8. The van der Waals surface area contributed by atoms with Crippen LogP contribution < -0.4 is 4.90 Å². The lowest BCUT2D eigenvalue weighted by Crippen LogP contribution is -2.26. The van der Waals surface area contributed by atoms with Crippen LogP contribution in [0.4, 0.5) is 5.69 Å². The highest BCUT2D eigenvalue weighted by molar-refractivity contribution is 5.82. The van der Waals surface area contributed by atoms with E-state index in [4.69, 9.17) is 0 Å². The number of benzene rings is 1. The Morgan fingerprint density at radius 3 is 3.00 bits per heavy atom. The molecule has 0 amide bonds. The molecule has 2 heterocycles. The molecule has 110 valence electrons. The molecule has 0 radical (unpaired) electrons. The fourth-order valence-corrected chi connectivity index (χ4v) is 2.74. The third-order valence-corrected chi connectivity index (χ3v) is 3.73. The summed E-state index contributed by atoms with van der Waals surface area (Å²) in [5.41, 5.74) is 1.82. The van der Waals surface area contributed by atoms with E-state index >= 15 is 0 Å². The maximum atomic E-state index is 11.4. The number of hydrogen-bond donors (Lipinski definition) is 1. The molecule has 1 aliphatic rings. The zero-order valence-electron chi connectivity index (χ0n) is 11.8. The van der Waals surface area contributed by atoms with Gasteiger partial charge in [0.1, 0.15) is 5.92 Å². The van der Waals surface area contributed by atoms with Crippen molar-refractivity contribution >= 4 is 11.7 Å². The van der Waals surface area contributed by atoms with Gasteiger partial charge in [0.2, 0.25) is 0 Å². The molecule has 0 aliphatic carbocycles. The summed E-state index contributed by atoms with van der Waals surface area (Å²) in [6.07, 6.45) is 0.951. The Balaban J connectivity index is 1.87. The second kappa shape index (κ2) is 5.51. The number of carboxylic acid groups (broad SMARTS) is 1. The predicted octanol–water partition coefficient (Wildman–Crippen LogP) is 1.27. The Labute approximate surface area is 122 Å². The lowest BCUT2D eigenvalue weighted by molar-refractivity contribution is -0.138. The summed E-state index contributed by atoms with van der Waals surface area (Å²) in [6.45, 7) is 3.80. The van der Waals surface area contributed by atoms with Crippen molar-refractivity contribution in [2.75, 3.05) is 11.4 Å². The number of anilines is 1. The molecular formula is C14H17N5O2. The molecule has 7 heteroatoms. The van der Waals surface area contributed by atoms with Crippen molar-refractivity contribution in [2.24, 2.45) is 0 Å². The van der Waals surface area contributed by atoms with Gasteiger partial charge in [-0.1, -0.05) is 25.1 Å². The van der Waals surface area contributed by atoms with Crippen molar-refractivity contribution in [3.8, 4) is 0 Å². The number of tetrazole rings is 1. The van der Waals surface area contributed by atoms with Crippen LogP contribution in [0.5, 0.6) is 0 Å². The van der Waals surface area contributed by atoms with Gasteiger partial charge in [0, 0.05) is 18.8 Å². The van der Waals surface area contributed by atoms with Gasteiger partial charge in [-0.25, -0.2) is 4.68 Å². The molecule has 1 atom stereocenters. The fourth-order valence-electron chi connectivity index (χ4n) is 2.74. The molecule has 0 bridgehead atoms. The zero-order chi connectivity index (χ0) is 14.8. The van der Waals surface area contributed by atoms with E-state index in [1.165, 1.54) is 0 Å². The Morgan fingerprint density at radius 1 is 1.43 bits per heavy atom. The standard InChI is InChI=1S/C14H17N5O2/c1-2-7-19-13(15-16-17-19)9-18-8-11(14(20)21)10-5-3-4-6-12(10)18/h3-6,11H,2,7-9H2,1H3,(H,20,21). The van der Waals surface area contributed by atoms with Gasteiger partial charge in [0.25, 0.3) is 0 Å². The summed E-state index contributed by atoms with van der Waals surface area (Å²) >= 11 is 0. The Bertz CT molecular complexity index is 654. The van der Waals surface area contributed by atoms with Gasteiger partial charge in [0.15, 0.2) is 5.82 Å². The van der Waals surface area contributed by atoms with Crippen molar-refractivity contribution in [1.29, 1.82) is 0 Å². The monoisotopic (exact) mass is 287 g/mol. The topological polar surface area (TPSA) is 84.1 Å². The number of rotatable bonds is 5. The first-order chi connectivity index (χ1) is 10.2. The maximum Gasteiger partial charge on any atom is 0.312 e. The highest BCUT2D eigenvalue weighted by Gasteiger charge is 2.33. The maximum absolute atomic E-state index is 11.4. The van der Waals surface area contributed by atoms with Gasteiger partial charge in [-0.3, -0.25) is 4.79 Å². The number of aryl methyl sites for hydroxylation is 1. The van der Waals surface area contributed by atoms with Gasteiger partial charge in [-0.2, -0.15) is 0 Å². The van der Waals surface area contributed by atoms with Crippen LogP contribution in [0.15, 0.2) is 24.3 Å². The van der Waals surface area contributed by atoms with E-state index in [0.29, 0.717) is 13.1 Å². The summed E-state index contributed by atoms with van der Waals surface area (Å²) in [7, 11) is 0. The van der Waals surface area contributed by atoms with Gasteiger partial charge in [-0.15, -0.1) is 5.10 Å². The van der Waals surface area contributed by atoms with Crippen LogP contribution in [0.3, 0.4) is 0 Å². The molecule has 2 aromatic rings. The number of nitrogens with zero attached hydrogens (tertiary/aromatic N) is 5. The van der Waals surface area contributed by atoms with Crippen LogP contribution >= 0.6 is 0 Å². The molecule has 1 aromatic carbocycles. The second-order valence-corrected chi connectivity index (χ2v) is 5.15. The smallest absolute Gasteiger partial charge is 0.312 e. The highest BCUT2D eigenvalue weighted by atomic mass is 16.4. The van der Waals surface area contributed by atoms with Gasteiger partial charge in [-0.05, 0) is 28.5 Å². The number of hydrogen-bond acceptors (Lipinski definition) is 5. The van der Waals surface area contributed by atoms with E-state index in [1.807, 2.05) is 29.2 Å². The van der Waals surface area contributed by atoms with Crippen molar-refractivity contribution in [3.63, 3.8) is 0 Å². The second-order valence-electron chi connectivity index (χ2n) is 5.15. The number of carbonyl (C=O) groups is 1. The molecule has 0 saturated heterocycles. The summed E-state index contributed by atoms with van der Waals surface area (Å²) in [5, 5.41) is 21.1. The summed E-state index contributed by atoms with van der Waals surface area (Å²) in [6, 6.07) is 7.62. The first kappa shape index (κ1) is 13.5. The van der Waals surface area contributed by atoms with Crippen LogP contribution in [0, 0.1) is 0 Å². The summed E-state index contributed by atoms with van der Waals surface area (Å²) in [5.74, 6) is -0.521. The fraction of sp³-hybridized carbons (Fsp3) is 0.429. The van der Waals surface area contributed by atoms with E-state index < -0.39 is 11.9 Å². The van der Waals surface area contributed by atoms with E-state index in [9.17, 15) is 9.90 Å². The number of carboxylic acids is 1. The first-order valence-electron chi connectivity index (χ1n) is 7.02. The quantitative estimate of drug-likeness (QED) is 0.891. The molecule has 0 saturated carbocycles. The Hall–Kier alpha value is -2.44. The molecule has 3 rings (SSSR count). The minimum Gasteiger partial charge on any atom is -0.481 e. The average molecular weight is 287 g/mol. The normalized spacial score (nSPS) is 17.0. The molecule has 7 nitrogen and oxygen atoms in total. The molecule has 0 spiro atoms. The van der Waals surface area contributed by atoms with Crippen LogP contribution in [0.2, 0.25) is 0 Å². The Morgan fingerprint density at radius 2 is 2.24 bits per heavy atom. The van der Waals surface area contributed by atoms with Crippen LogP contribution in [0.1, 0.15) is 30.7 Å². The van der Waals surface area contributed by atoms with E-state index in [0.717, 1.165) is 30.0 Å². The van der Waals surface area contributed by atoms with E-state index in [2.05, 4.69) is 22.4 Å². The number of fused-ring (bicyclic) bond motifs is 1. The van der Waals surface area contributed by atoms with E-state index in [-0.39, 0.29) is 0 Å². The third-order valence-electron chi connectivity index (χ3n) is 3.73. The minimum absolute atomic E-state index is 0.452. The lowest BCUT2D eigenvalue weighted by Gasteiger charge is -2.18. The van der Waals surface area contributed by atoms with Crippen molar-refractivity contribution in [3.05, 3.63) is 35.7 Å². The average Bonchev–Trinajstić information content (AvgIpc) is 3.06. The summed E-state index contributed by atoms with van der Waals surface area (Å²) < 4.78 is 1.77. The van der Waals surface area contributed by atoms with Crippen LogP contribution in [0.25, 0.3) is 0 Å². The third kappa shape index (κ3) is 2.46. The lowest BCUT2D eigenvalue weighted by atomic mass is 10.0. The molecule has 1 aromatic heterocycles. The number of aliphatic carboxylic acids is 1. The Kier molecular flexibility index (Phi) is 3.55. The van der Waals surface area contributed by atoms with Crippen molar-refractivity contribution in [2.45, 2.75) is 32.4 Å². The SMILES string of the molecule is CCCn1nnnc1CN1CC(C(=O)O)c2ccccc21. The van der Waals surface area contributed by atoms with Crippen molar-refractivity contribution in [1.82, 2.24) is 20.2 Å². The predicted molar refractivity (Wildman–Crippen MR) is 76.0 cm³/mol. The molecule has 0 fully saturated rings. The van der Waals surface area contributed by atoms with Gasteiger partial charge in [0.05, 0.1) is 6.54 Å². The first-order valence-corrected chi connectivity index (χ1v) is 7.02. The number of aromatic nitrogens is 4. The molecular weight excluding hydrogens is 270 g/mol. The minimum atomic E-state index is -0.793. The van der Waals surface area contributed by atoms with Crippen LogP contribution in [-0.4, -0.2) is 37.8 Å². The highest BCUT2D eigenvalue weighted by Crippen LogP contribution is 2.36. The molecule has 1 unspecified atom stereocenters. The van der Waals surface area contributed by atoms with Gasteiger partial charge >= 0.3 is 5.97 Å². The molecule has 1 N–H and O–H groups in total. The van der Waals surface area contributed by atoms with Crippen LogP contribution in [-0.2, 0) is 17.9 Å². The summed E-state index contributed by atoms with van der Waals surface area (Å²) in [4.78, 5) is 13.4. The number of para-hydroxylation sites is 1. The molecule has 1 aliphatic heterocycles. The van der Waals surface area contributed by atoms with E-state index in [1.54, 1.807) is 4.68 Å². The molecule has 21 heavy (non-hydrogen) atoms. The largest absolute Gasteiger partial charge is 0.481 e. The van der Waals surface area contributed by atoms with Gasteiger partial charge < -0.3 is 10.0 Å².